The molecule has 1 aliphatic heterocycles. The van der Waals surface area contributed by atoms with Crippen LogP contribution in [-0.2, 0) is 6.61 Å². The largest absolute Gasteiger partial charge is 0.488 e. The van der Waals surface area contributed by atoms with Crippen LogP contribution in [0.25, 0.3) is 10.4 Å². The van der Waals surface area contributed by atoms with Gasteiger partial charge in [0.1, 0.15) is 12.4 Å². The second kappa shape index (κ2) is 9.38. The van der Waals surface area contributed by atoms with E-state index in [0.717, 1.165) is 54.4 Å². The van der Waals surface area contributed by atoms with Crippen molar-refractivity contribution in [2.45, 2.75) is 46.6 Å². The third kappa shape index (κ3) is 4.71. The van der Waals surface area contributed by atoms with E-state index in [4.69, 9.17) is 4.74 Å². The number of benzene rings is 1. The van der Waals surface area contributed by atoms with Crippen LogP contribution in [0.1, 0.15) is 53.9 Å². The maximum atomic E-state index is 12.6. The van der Waals surface area contributed by atoms with Gasteiger partial charge < -0.3 is 15.0 Å². The minimum atomic E-state index is 0.0288. The fourth-order valence-corrected chi connectivity index (χ4v) is 4.67. The van der Waals surface area contributed by atoms with E-state index < -0.39 is 0 Å². The maximum Gasteiger partial charge on any atom is 0.261 e. The molecule has 0 fully saturated rings. The third-order valence-electron chi connectivity index (χ3n) is 5.09. The van der Waals surface area contributed by atoms with Crippen molar-refractivity contribution in [1.29, 1.82) is 0 Å². The van der Waals surface area contributed by atoms with Crippen LogP contribution in [0.15, 0.2) is 24.3 Å². The molecule has 2 aromatic rings. The molecule has 27 heavy (non-hydrogen) atoms. The number of unbranched alkanes of at least 4 members (excludes halogenated alkanes) is 1. The number of aryl methyl sites for hydroxylation is 1. The molecule has 5 heteroatoms. The lowest BCUT2D eigenvalue weighted by Crippen LogP contribution is -2.30. The summed E-state index contributed by atoms with van der Waals surface area (Å²) in [6, 6.07) is 8.10. The van der Waals surface area contributed by atoms with Crippen LogP contribution < -0.4 is 10.1 Å². The number of amides is 1. The quantitative estimate of drug-likeness (QED) is 0.626. The van der Waals surface area contributed by atoms with Crippen molar-refractivity contribution in [3.8, 4) is 16.2 Å². The standard InChI is InChI=1S/C22H30N2O2S/c1-4-6-12-24(5-2)13-8-11-23-22(25)19-14-17-15-26-18-10-7-9-16(3)20(18)21(17)27-19/h7,9-10,14H,4-6,8,11-13,15H2,1-3H3,(H,23,25). The number of carbonyl (C=O) groups is 1. The average Bonchev–Trinajstić information content (AvgIpc) is 3.12. The first-order chi connectivity index (χ1) is 13.1. The van der Waals surface area contributed by atoms with Crippen LogP contribution in [0.3, 0.4) is 0 Å². The fraction of sp³-hybridized carbons (Fsp3) is 0.500. The summed E-state index contributed by atoms with van der Waals surface area (Å²) in [6.45, 7) is 11.0. The number of nitrogens with one attached hydrogen (secondary N) is 1. The summed E-state index contributed by atoms with van der Waals surface area (Å²) in [5, 5.41) is 3.09. The Hall–Kier alpha value is -1.85. The summed E-state index contributed by atoms with van der Waals surface area (Å²) >= 11 is 1.58. The Morgan fingerprint density at radius 1 is 1.26 bits per heavy atom. The van der Waals surface area contributed by atoms with Gasteiger partial charge in [0.15, 0.2) is 0 Å². The van der Waals surface area contributed by atoms with Gasteiger partial charge in [-0.1, -0.05) is 32.4 Å². The molecule has 1 aromatic heterocycles. The summed E-state index contributed by atoms with van der Waals surface area (Å²) in [4.78, 5) is 17.0. The van der Waals surface area contributed by atoms with E-state index in [2.05, 4.69) is 37.1 Å². The zero-order valence-electron chi connectivity index (χ0n) is 16.6. The molecular formula is C22H30N2O2S. The summed E-state index contributed by atoms with van der Waals surface area (Å²) in [7, 11) is 0. The zero-order valence-corrected chi connectivity index (χ0v) is 17.5. The number of hydrogen-bond donors (Lipinski definition) is 1. The lowest BCUT2D eigenvalue weighted by atomic mass is 10.0. The van der Waals surface area contributed by atoms with Crippen LogP contribution in [-0.4, -0.2) is 37.0 Å². The highest BCUT2D eigenvalue weighted by atomic mass is 32.1. The molecule has 4 nitrogen and oxygen atoms in total. The van der Waals surface area contributed by atoms with Gasteiger partial charge in [0.2, 0.25) is 0 Å². The molecule has 0 aliphatic carbocycles. The number of hydrogen-bond acceptors (Lipinski definition) is 4. The van der Waals surface area contributed by atoms with E-state index in [-0.39, 0.29) is 5.91 Å². The van der Waals surface area contributed by atoms with E-state index in [1.165, 1.54) is 23.3 Å². The monoisotopic (exact) mass is 386 g/mol. The van der Waals surface area contributed by atoms with Gasteiger partial charge in [-0.3, -0.25) is 4.79 Å². The number of fused-ring (bicyclic) bond motifs is 3. The van der Waals surface area contributed by atoms with E-state index >= 15 is 0 Å². The highest BCUT2D eigenvalue weighted by molar-refractivity contribution is 7.17. The van der Waals surface area contributed by atoms with Crippen molar-refractivity contribution in [3.63, 3.8) is 0 Å². The number of thiophene rings is 1. The predicted molar refractivity (Wildman–Crippen MR) is 113 cm³/mol. The minimum absolute atomic E-state index is 0.0288. The summed E-state index contributed by atoms with van der Waals surface area (Å²) in [5.41, 5.74) is 3.44. The molecule has 0 radical (unpaired) electrons. The molecule has 0 atom stereocenters. The fourth-order valence-electron chi connectivity index (χ4n) is 3.47. The maximum absolute atomic E-state index is 12.6. The topological polar surface area (TPSA) is 41.6 Å². The Bertz CT molecular complexity index is 785. The molecule has 1 amide bonds. The van der Waals surface area contributed by atoms with Crippen LogP contribution in [0.5, 0.6) is 5.75 Å². The number of rotatable bonds is 9. The van der Waals surface area contributed by atoms with Crippen molar-refractivity contribution in [1.82, 2.24) is 10.2 Å². The molecule has 1 aliphatic rings. The minimum Gasteiger partial charge on any atom is -0.488 e. The number of ether oxygens (including phenoxy) is 1. The molecule has 146 valence electrons. The molecule has 1 N–H and O–H groups in total. The predicted octanol–water partition coefficient (Wildman–Crippen LogP) is 4.86. The number of carbonyl (C=O) groups excluding carboxylic acids is 1. The van der Waals surface area contributed by atoms with Crippen molar-refractivity contribution >= 4 is 17.2 Å². The van der Waals surface area contributed by atoms with Crippen molar-refractivity contribution in [2.24, 2.45) is 0 Å². The van der Waals surface area contributed by atoms with E-state index in [9.17, 15) is 4.79 Å². The van der Waals surface area contributed by atoms with Gasteiger partial charge >= 0.3 is 0 Å². The summed E-state index contributed by atoms with van der Waals surface area (Å²) < 4.78 is 5.86. The van der Waals surface area contributed by atoms with Gasteiger partial charge in [0.05, 0.1) is 4.88 Å². The van der Waals surface area contributed by atoms with Crippen LogP contribution in [0.2, 0.25) is 0 Å². The van der Waals surface area contributed by atoms with Gasteiger partial charge in [0.25, 0.3) is 5.91 Å². The molecule has 0 saturated carbocycles. The molecule has 0 saturated heterocycles. The smallest absolute Gasteiger partial charge is 0.261 e. The van der Waals surface area contributed by atoms with Crippen molar-refractivity contribution < 1.29 is 9.53 Å². The zero-order chi connectivity index (χ0) is 19.2. The Morgan fingerprint density at radius 2 is 2.07 bits per heavy atom. The van der Waals surface area contributed by atoms with E-state index in [1.807, 2.05) is 18.2 Å². The summed E-state index contributed by atoms with van der Waals surface area (Å²) in [6.07, 6.45) is 3.45. The van der Waals surface area contributed by atoms with E-state index in [1.54, 1.807) is 11.3 Å². The first-order valence-corrected chi connectivity index (χ1v) is 10.8. The Balaban J connectivity index is 1.57. The molecule has 0 spiro atoms. The molecule has 0 unspecified atom stereocenters. The van der Waals surface area contributed by atoms with Crippen molar-refractivity contribution in [3.05, 3.63) is 40.3 Å². The second-order valence-corrected chi connectivity index (χ2v) is 8.15. The normalized spacial score (nSPS) is 12.4. The van der Waals surface area contributed by atoms with Gasteiger partial charge in [0, 0.05) is 22.5 Å². The lowest BCUT2D eigenvalue weighted by Gasteiger charge is -2.19. The molecule has 0 bridgehead atoms. The van der Waals surface area contributed by atoms with Gasteiger partial charge in [-0.2, -0.15) is 0 Å². The molecular weight excluding hydrogens is 356 g/mol. The highest BCUT2D eigenvalue weighted by Crippen LogP contribution is 2.44. The Morgan fingerprint density at radius 3 is 2.85 bits per heavy atom. The third-order valence-corrected chi connectivity index (χ3v) is 6.28. The van der Waals surface area contributed by atoms with Gasteiger partial charge in [-0.25, -0.2) is 0 Å². The Kier molecular flexibility index (Phi) is 6.91. The average molecular weight is 387 g/mol. The van der Waals surface area contributed by atoms with Crippen LogP contribution in [0.4, 0.5) is 0 Å². The second-order valence-electron chi connectivity index (χ2n) is 7.10. The first-order valence-electron chi connectivity index (χ1n) is 10.00. The van der Waals surface area contributed by atoms with E-state index in [0.29, 0.717) is 6.61 Å². The van der Waals surface area contributed by atoms with Crippen LogP contribution in [0, 0.1) is 6.92 Å². The lowest BCUT2D eigenvalue weighted by molar-refractivity contribution is 0.0955. The van der Waals surface area contributed by atoms with Gasteiger partial charge in [-0.05, 0) is 57.1 Å². The Labute approximate surface area is 166 Å². The molecule has 3 rings (SSSR count). The summed E-state index contributed by atoms with van der Waals surface area (Å²) in [5.74, 6) is 0.948. The van der Waals surface area contributed by atoms with Crippen molar-refractivity contribution in [2.75, 3.05) is 26.2 Å². The SMILES string of the molecule is CCCCN(CC)CCCNC(=O)c1cc2c(s1)-c1c(C)cccc1OC2. The van der Waals surface area contributed by atoms with Crippen LogP contribution >= 0.6 is 11.3 Å². The van der Waals surface area contributed by atoms with Gasteiger partial charge in [-0.15, -0.1) is 11.3 Å². The molecule has 2 heterocycles. The number of nitrogens with zero attached hydrogens (tertiary/aromatic N) is 1. The first kappa shape index (κ1) is 19.9. The highest BCUT2D eigenvalue weighted by Gasteiger charge is 2.23. The molecule has 1 aromatic carbocycles.